The van der Waals surface area contributed by atoms with E-state index in [1.54, 1.807) is 14.0 Å². The van der Waals surface area contributed by atoms with Gasteiger partial charge in [0.1, 0.15) is 0 Å². The highest BCUT2D eigenvalue weighted by molar-refractivity contribution is 5.95. The molecule has 2 aliphatic rings. The van der Waals surface area contributed by atoms with Gasteiger partial charge < -0.3 is 15.0 Å². The molecule has 3 amide bonds. The largest absolute Gasteiger partial charge is 0.463 e. The molecular weight excluding hydrogens is 444 g/mol. The molecule has 2 heterocycles. The van der Waals surface area contributed by atoms with E-state index in [0.29, 0.717) is 43.0 Å². The SMILES string of the molecule is CCOC(=O)C1=C(CN2CCCN(C(=O)c3ccccc3)CC2)N(C)C(=O)NC1c1ccccc1. The number of hydrogen-bond acceptors (Lipinski definition) is 5. The predicted octanol–water partition coefficient (Wildman–Crippen LogP) is 3.05. The Labute approximate surface area is 206 Å². The number of carbonyl (C=O) groups excluding carboxylic acids is 3. The molecule has 1 atom stereocenters. The van der Waals surface area contributed by atoms with Crippen molar-refractivity contribution < 1.29 is 19.1 Å². The van der Waals surface area contributed by atoms with Crippen LogP contribution in [0.1, 0.15) is 35.3 Å². The highest BCUT2D eigenvalue weighted by Crippen LogP contribution is 2.31. The van der Waals surface area contributed by atoms with Gasteiger partial charge in [-0.05, 0) is 31.0 Å². The lowest BCUT2D eigenvalue weighted by atomic mass is 9.94. The van der Waals surface area contributed by atoms with E-state index >= 15 is 0 Å². The van der Waals surface area contributed by atoms with Crippen molar-refractivity contribution in [2.24, 2.45) is 0 Å². The van der Waals surface area contributed by atoms with Crippen LogP contribution >= 0.6 is 0 Å². The topological polar surface area (TPSA) is 82.2 Å². The Morgan fingerprint density at radius 1 is 0.971 bits per heavy atom. The Morgan fingerprint density at radius 3 is 2.34 bits per heavy atom. The molecule has 0 aromatic heterocycles. The number of nitrogens with one attached hydrogen (secondary N) is 1. The molecule has 4 rings (SSSR count). The van der Waals surface area contributed by atoms with Gasteiger partial charge in [-0.25, -0.2) is 9.59 Å². The Kier molecular flexibility index (Phi) is 7.82. The third-order valence-corrected chi connectivity index (χ3v) is 6.47. The van der Waals surface area contributed by atoms with Crippen LogP contribution in [0, 0.1) is 0 Å². The van der Waals surface area contributed by atoms with Gasteiger partial charge in [-0.1, -0.05) is 48.5 Å². The van der Waals surface area contributed by atoms with Crippen molar-refractivity contribution in [1.29, 1.82) is 0 Å². The van der Waals surface area contributed by atoms with E-state index in [9.17, 15) is 14.4 Å². The van der Waals surface area contributed by atoms with Crippen LogP contribution < -0.4 is 5.32 Å². The Hall–Kier alpha value is -3.65. The summed E-state index contributed by atoms with van der Waals surface area (Å²) >= 11 is 0. The number of benzene rings is 2. The highest BCUT2D eigenvalue weighted by atomic mass is 16.5. The summed E-state index contributed by atoms with van der Waals surface area (Å²) < 4.78 is 5.41. The molecule has 1 fully saturated rings. The van der Waals surface area contributed by atoms with Crippen molar-refractivity contribution in [3.8, 4) is 0 Å². The summed E-state index contributed by atoms with van der Waals surface area (Å²) in [5, 5.41) is 2.95. The summed E-state index contributed by atoms with van der Waals surface area (Å²) in [6.07, 6.45) is 0.804. The molecule has 0 radical (unpaired) electrons. The second kappa shape index (κ2) is 11.2. The van der Waals surface area contributed by atoms with Crippen LogP contribution in [-0.4, -0.2) is 79.0 Å². The molecule has 1 unspecified atom stereocenters. The van der Waals surface area contributed by atoms with Crippen molar-refractivity contribution >= 4 is 17.9 Å². The number of nitrogens with zero attached hydrogens (tertiary/aromatic N) is 3. The first-order valence-corrected chi connectivity index (χ1v) is 12.1. The number of urea groups is 1. The van der Waals surface area contributed by atoms with Gasteiger partial charge in [0.25, 0.3) is 5.91 Å². The van der Waals surface area contributed by atoms with Gasteiger partial charge in [0.15, 0.2) is 0 Å². The van der Waals surface area contributed by atoms with Crippen molar-refractivity contribution in [2.45, 2.75) is 19.4 Å². The molecule has 2 aromatic rings. The zero-order chi connectivity index (χ0) is 24.8. The minimum atomic E-state index is -0.586. The number of ether oxygens (including phenoxy) is 1. The zero-order valence-electron chi connectivity index (χ0n) is 20.3. The lowest BCUT2D eigenvalue weighted by molar-refractivity contribution is -0.139. The summed E-state index contributed by atoms with van der Waals surface area (Å²) in [5.74, 6) is -0.406. The fourth-order valence-corrected chi connectivity index (χ4v) is 4.60. The normalized spacial score (nSPS) is 19.3. The van der Waals surface area contributed by atoms with Gasteiger partial charge in [-0.15, -0.1) is 0 Å². The van der Waals surface area contributed by atoms with Crippen LogP contribution in [0.4, 0.5) is 4.79 Å². The average molecular weight is 477 g/mol. The molecule has 0 bridgehead atoms. The summed E-state index contributed by atoms with van der Waals surface area (Å²) in [4.78, 5) is 44.5. The lowest BCUT2D eigenvalue weighted by Gasteiger charge is -2.36. The fourth-order valence-electron chi connectivity index (χ4n) is 4.60. The maximum Gasteiger partial charge on any atom is 0.338 e. The molecule has 8 nitrogen and oxygen atoms in total. The third kappa shape index (κ3) is 5.54. The monoisotopic (exact) mass is 476 g/mol. The summed E-state index contributed by atoms with van der Waals surface area (Å²) in [6, 6.07) is 17.9. The van der Waals surface area contributed by atoms with Crippen LogP contribution in [0.15, 0.2) is 71.9 Å². The minimum Gasteiger partial charge on any atom is -0.463 e. The van der Waals surface area contributed by atoms with Gasteiger partial charge in [-0.2, -0.15) is 0 Å². The van der Waals surface area contributed by atoms with Crippen molar-refractivity contribution in [3.05, 3.63) is 83.1 Å². The van der Waals surface area contributed by atoms with Gasteiger partial charge in [0, 0.05) is 51.0 Å². The standard InChI is InChI=1S/C27H32N4O4/c1-3-35-26(33)23-22(29(2)27(34)28-24(23)20-11-6-4-7-12-20)19-30-15-10-16-31(18-17-30)25(32)21-13-8-5-9-14-21/h4-9,11-14,24H,3,10,15-19H2,1-2H3,(H,28,34). The van der Waals surface area contributed by atoms with Crippen LogP contribution in [0.3, 0.4) is 0 Å². The quantitative estimate of drug-likeness (QED) is 0.648. The van der Waals surface area contributed by atoms with E-state index < -0.39 is 12.0 Å². The summed E-state index contributed by atoms with van der Waals surface area (Å²) in [6.45, 7) is 5.07. The van der Waals surface area contributed by atoms with Gasteiger partial charge in [0.2, 0.25) is 0 Å². The second-order valence-electron chi connectivity index (χ2n) is 8.72. The molecule has 2 aromatic carbocycles. The number of likely N-dealkylation sites (N-methyl/N-ethyl adjacent to an activating group) is 1. The molecule has 1 N–H and O–H groups in total. The van der Waals surface area contributed by atoms with E-state index in [2.05, 4.69) is 10.2 Å². The lowest BCUT2D eigenvalue weighted by Crippen LogP contribution is -2.49. The molecule has 184 valence electrons. The van der Waals surface area contributed by atoms with Crippen LogP contribution in [0.5, 0.6) is 0 Å². The molecular formula is C27H32N4O4. The van der Waals surface area contributed by atoms with Crippen LogP contribution in [0.2, 0.25) is 0 Å². The predicted molar refractivity (Wildman–Crippen MR) is 133 cm³/mol. The van der Waals surface area contributed by atoms with E-state index in [-0.39, 0.29) is 18.5 Å². The first-order chi connectivity index (χ1) is 17.0. The molecule has 1 saturated heterocycles. The van der Waals surface area contributed by atoms with E-state index in [0.717, 1.165) is 18.5 Å². The first kappa shape index (κ1) is 24.5. The maximum atomic E-state index is 13.1. The van der Waals surface area contributed by atoms with Gasteiger partial charge in [-0.3, -0.25) is 14.6 Å². The van der Waals surface area contributed by atoms with Crippen molar-refractivity contribution in [2.75, 3.05) is 46.4 Å². The minimum absolute atomic E-state index is 0.0252. The Balaban J connectivity index is 1.58. The molecule has 0 spiro atoms. The molecule has 0 saturated carbocycles. The number of hydrogen-bond donors (Lipinski definition) is 1. The van der Waals surface area contributed by atoms with E-state index in [1.807, 2.05) is 65.6 Å². The Bertz CT molecular complexity index is 1090. The molecule has 35 heavy (non-hydrogen) atoms. The van der Waals surface area contributed by atoms with Crippen LogP contribution in [0.25, 0.3) is 0 Å². The highest BCUT2D eigenvalue weighted by Gasteiger charge is 2.37. The van der Waals surface area contributed by atoms with Gasteiger partial charge >= 0.3 is 12.0 Å². The third-order valence-electron chi connectivity index (χ3n) is 6.47. The average Bonchev–Trinajstić information content (AvgIpc) is 3.13. The summed E-state index contributed by atoms with van der Waals surface area (Å²) in [7, 11) is 1.67. The van der Waals surface area contributed by atoms with Crippen molar-refractivity contribution in [3.63, 3.8) is 0 Å². The fraction of sp³-hybridized carbons (Fsp3) is 0.370. The smallest absolute Gasteiger partial charge is 0.338 e. The molecule has 0 aliphatic carbocycles. The second-order valence-corrected chi connectivity index (χ2v) is 8.72. The number of rotatable bonds is 6. The number of carbonyl (C=O) groups is 3. The van der Waals surface area contributed by atoms with E-state index in [4.69, 9.17) is 4.74 Å². The molecule has 8 heteroatoms. The summed E-state index contributed by atoms with van der Waals surface area (Å²) in [5.41, 5.74) is 2.58. The van der Waals surface area contributed by atoms with Crippen molar-refractivity contribution in [1.82, 2.24) is 20.0 Å². The number of amides is 3. The van der Waals surface area contributed by atoms with Crippen LogP contribution in [-0.2, 0) is 9.53 Å². The number of esters is 1. The Morgan fingerprint density at radius 2 is 1.66 bits per heavy atom. The van der Waals surface area contributed by atoms with Gasteiger partial charge in [0.05, 0.1) is 18.2 Å². The first-order valence-electron chi connectivity index (χ1n) is 12.1. The van der Waals surface area contributed by atoms with E-state index in [1.165, 1.54) is 4.90 Å². The maximum absolute atomic E-state index is 13.1. The zero-order valence-corrected chi connectivity index (χ0v) is 20.3. The molecule has 2 aliphatic heterocycles.